The van der Waals surface area contributed by atoms with E-state index in [9.17, 15) is 10.1 Å². The van der Waals surface area contributed by atoms with Gasteiger partial charge >= 0.3 is 5.69 Å². The van der Waals surface area contributed by atoms with Crippen molar-refractivity contribution in [1.29, 1.82) is 0 Å². The molecule has 2 aliphatic heterocycles. The molecular formula is C14H18N2O3. The molecule has 2 bridgehead atoms. The smallest absolute Gasteiger partial charge is 0.311 e. The standard InChI is InChI=1S/C14H18N2O3/c1-19-14-9-12(7-8-13(14)16(17)18)15-10-3-2-4-11(15)6-5-10/h7-11H,2-6H2,1H3. The van der Waals surface area contributed by atoms with Gasteiger partial charge in [0.15, 0.2) is 5.75 Å². The van der Waals surface area contributed by atoms with Crippen LogP contribution in [0, 0.1) is 10.1 Å². The fourth-order valence-electron chi connectivity index (χ4n) is 3.52. The number of nitro benzene ring substituents is 1. The van der Waals surface area contributed by atoms with Gasteiger partial charge in [0.05, 0.1) is 12.0 Å². The molecule has 2 heterocycles. The monoisotopic (exact) mass is 262 g/mol. The van der Waals surface area contributed by atoms with E-state index >= 15 is 0 Å². The minimum atomic E-state index is -0.395. The number of ether oxygens (including phenoxy) is 1. The molecule has 0 saturated carbocycles. The van der Waals surface area contributed by atoms with E-state index < -0.39 is 4.92 Å². The summed E-state index contributed by atoms with van der Waals surface area (Å²) in [6.45, 7) is 0. The highest BCUT2D eigenvalue weighted by Crippen LogP contribution is 2.41. The average Bonchev–Trinajstić information content (AvgIpc) is 2.67. The van der Waals surface area contributed by atoms with Crippen molar-refractivity contribution in [2.24, 2.45) is 0 Å². The molecule has 1 aromatic carbocycles. The zero-order valence-corrected chi connectivity index (χ0v) is 11.0. The molecule has 2 aliphatic rings. The average molecular weight is 262 g/mol. The molecule has 0 spiro atoms. The van der Waals surface area contributed by atoms with Crippen LogP contribution in [0.4, 0.5) is 11.4 Å². The highest BCUT2D eigenvalue weighted by atomic mass is 16.6. The van der Waals surface area contributed by atoms with Crippen molar-refractivity contribution in [3.05, 3.63) is 28.3 Å². The van der Waals surface area contributed by atoms with Crippen molar-refractivity contribution in [3.8, 4) is 5.75 Å². The van der Waals surface area contributed by atoms with E-state index in [1.54, 1.807) is 6.07 Å². The van der Waals surface area contributed by atoms with Gasteiger partial charge in [-0.3, -0.25) is 10.1 Å². The Morgan fingerprint density at radius 3 is 2.53 bits per heavy atom. The lowest BCUT2D eigenvalue weighted by atomic mass is 10.0. The van der Waals surface area contributed by atoms with Crippen LogP contribution in [0.25, 0.3) is 0 Å². The molecular weight excluding hydrogens is 244 g/mol. The molecule has 2 fully saturated rings. The molecule has 19 heavy (non-hydrogen) atoms. The van der Waals surface area contributed by atoms with Crippen molar-refractivity contribution in [1.82, 2.24) is 0 Å². The van der Waals surface area contributed by atoms with E-state index in [4.69, 9.17) is 4.74 Å². The van der Waals surface area contributed by atoms with Crippen LogP contribution in [0.5, 0.6) is 5.75 Å². The first-order chi connectivity index (χ1) is 9.20. The van der Waals surface area contributed by atoms with Crippen LogP contribution in [-0.4, -0.2) is 24.1 Å². The van der Waals surface area contributed by atoms with Gasteiger partial charge in [-0.25, -0.2) is 0 Å². The molecule has 2 saturated heterocycles. The Labute approximate surface area is 112 Å². The number of piperidine rings is 1. The molecule has 2 unspecified atom stereocenters. The van der Waals surface area contributed by atoms with Gasteiger partial charge in [-0.1, -0.05) is 0 Å². The van der Waals surface area contributed by atoms with Gasteiger partial charge in [-0.2, -0.15) is 0 Å². The van der Waals surface area contributed by atoms with Crippen LogP contribution in [-0.2, 0) is 0 Å². The summed E-state index contributed by atoms with van der Waals surface area (Å²) in [4.78, 5) is 13.0. The van der Waals surface area contributed by atoms with Crippen molar-refractivity contribution in [2.75, 3.05) is 12.0 Å². The minimum Gasteiger partial charge on any atom is -0.490 e. The van der Waals surface area contributed by atoms with Crippen LogP contribution in [0.3, 0.4) is 0 Å². The molecule has 2 atom stereocenters. The van der Waals surface area contributed by atoms with E-state index in [2.05, 4.69) is 4.90 Å². The first kappa shape index (κ1) is 12.3. The van der Waals surface area contributed by atoms with Gasteiger partial charge in [0, 0.05) is 29.9 Å². The maximum atomic E-state index is 10.9. The summed E-state index contributed by atoms with van der Waals surface area (Å²) >= 11 is 0. The number of methoxy groups -OCH3 is 1. The lowest BCUT2D eigenvalue weighted by molar-refractivity contribution is -0.385. The van der Waals surface area contributed by atoms with Gasteiger partial charge in [0.2, 0.25) is 0 Å². The minimum absolute atomic E-state index is 0.0376. The number of fused-ring (bicyclic) bond motifs is 2. The number of benzene rings is 1. The summed E-state index contributed by atoms with van der Waals surface area (Å²) in [5.74, 6) is 0.354. The molecule has 3 rings (SSSR count). The summed E-state index contributed by atoms with van der Waals surface area (Å²) in [5, 5.41) is 10.9. The highest BCUT2D eigenvalue weighted by molar-refractivity contribution is 5.61. The SMILES string of the molecule is COc1cc(N2C3CCCC2CC3)ccc1[N+](=O)[O-]. The Kier molecular flexibility index (Phi) is 3.05. The number of nitro groups is 1. The van der Waals surface area contributed by atoms with Crippen molar-refractivity contribution in [3.63, 3.8) is 0 Å². The number of rotatable bonds is 3. The van der Waals surface area contributed by atoms with Gasteiger partial charge in [0.25, 0.3) is 0 Å². The Morgan fingerprint density at radius 1 is 1.26 bits per heavy atom. The third-order valence-electron chi connectivity index (χ3n) is 4.35. The van der Waals surface area contributed by atoms with E-state index in [-0.39, 0.29) is 5.69 Å². The molecule has 0 aromatic heterocycles. The second kappa shape index (κ2) is 4.72. The fourth-order valence-corrected chi connectivity index (χ4v) is 3.52. The Bertz CT molecular complexity index is 487. The lowest BCUT2D eigenvalue weighted by Gasteiger charge is -2.36. The van der Waals surface area contributed by atoms with Gasteiger partial charge < -0.3 is 9.64 Å². The summed E-state index contributed by atoms with van der Waals surface area (Å²) in [5.41, 5.74) is 1.10. The third-order valence-corrected chi connectivity index (χ3v) is 4.35. The summed E-state index contributed by atoms with van der Waals surface area (Å²) < 4.78 is 5.16. The van der Waals surface area contributed by atoms with E-state index in [1.165, 1.54) is 39.2 Å². The van der Waals surface area contributed by atoms with Crippen molar-refractivity contribution in [2.45, 2.75) is 44.2 Å². The van der Waals surface area contributed by atoms with Crippen LogP contribution in [0.1, 0.15) is 32.1 Å². The highest BCUT2D eigenvalue weighted by Gasteiger charge is 2.37. The second-order valence-corrected chi connectivity index (χ2v) is 5.34. The van der Waals surface area contributed by atoms with E-state index in [0.29, 0.717) is 17.8 Å². The molecule has 5 heteroatoms. The Hall–Kier alpha value is -1.78. The molecule has 0 N–H and O–H groups in total. The van der Waals surface area contributed by atoms with Crippen LogP contribution >= 0.6 is 0 Å². The summed E-state index contributed by atoms with van der Waals surface area (Å²) in [6.07, 6.45) is 6.25. The number of anilines is 1. The van der Waals surface area contributed by atoms with Gasteiger partial charge in [-0.05, 0) is 38.2 Å². The maximum Gasteiger partial charge on any atom is 0.311 e. The van der Waals surface area contributed by atoms with Crippen LogP contribution in [0.15, 0.2) is 18.2 Å². The number of hydrogen-bond donors (Lipinski definition) is 0. The first-order valence-corrected chi connectivity index (χ1v) is 6.81. The van der Waals surface area contributed by atoms with Gasteiger partial charge in [-0.15, -0.1) is 0 Å². The Morgan fingerprint density at radius 2 is 1.95 bits per heavy atom. The first-order valence-electron chi connectivity index (χ1n) is 6.81. The summed E-state index contributed by atoms with van der Waals surface area (Å²) in [6, 6.07) is 6.43. The Balaban J connectivity index is 1.95. The molecule has 1 aromatic rings. The van der Waals surface area contributed by atoms with Crippen LogP contribution < -0.4 is 9.64 Å². The molecule has 0 amide bonds. The lowest BCUT2D eigenvalue weighted by Crippen LogP contribution is -2.39. The predicted octanol–water partition coefficient (Wildman–Crippen LogP) is 3.12. The fraction of sp³-hybridized carbons (Fsp3) is 0.571. The molecule has 102 valence electrons. The molecule has 5 nitrogen and oxygen atoms in total. The predicted molar refractivity (Wildman–Crippen MR) is 72.8 cm³/mol. The van der Waals surface area contributed by atoms with E-state index in [1.807, 2.05) is 12.1 Å². The number of nitrogens with zero attached hydrogens (tertiary/aromatic N) is 2. The van der Waals surface area contributed by atoms with E-state index in [0.717, 1.165) is 5.69 Å². The maximum absolute atomic E-state index is 10.9. The topological polar surface area (TPSA) is 55.6 Å². The number of hydrogen-bond acceptors (Lipinski definition) is 4. The molecule has 0 radical (unpaired) electrons. The zero-order chi connectivity index (χ0) is 13.4. The van der Waals surface area contributed by atoms with Crippen molar-refractivity contribution >= 4 is 11.4 Å². The summed E-state index contributed by atoms with van der Waals surface area (Å²) in [7, 11) is 1.48. The van der Waals surface area contributed by atoms with Crippen LogP contribution in [0.2, 0.25) is 0 Å². The quantitative estimate of drug-likeness (QED) is 0.620. The largest absolute Gasteiger partial charge is 0.490 e. The molecule has 0 aliphatic carbocycles. The van der Waals surface area contributed by atoms with Crippen molar-refractivity contribution < 1.29 is 9.66 Å². The third kappa shape index (κ3) is 2.03. The normalized spacial score (nSPS) is 25.4. The zero-order valence-electron chi connectivity index (χ0n) is 11.0. The van der Waals surface area contributed by atoms with Gasteiger partial charge in [0.1, 0.15) is 0 Å². The second-order valence-electron chi connectivity index (χ2n) is 5.34.